The van der Waals surface area contributed by atoms with E-state index >= 15 is 0 Å². The van der Waals surface area contributed by atoms with Gasteiger partial charge in [0.2, 0.25) is 6.29 Å². The maximum Gasteiger partial charge on any atom is 0.303 e. The van der Waals surface area contributed by atoms with Crippen LogP contribution in [-0.4, -0.2) is 136 Å². The largest absolute Gasteiger partial charge is 0.493 e. The van der Waals surface area contributed by atoms with Gasteiger partial charge in [-0.1, -0.05) is 6.07 Å². The molecule has 11 unspecified atom stereocenters. The van der Waals surface area contributed by atoms with Crippen LogP contribution < -0.4 is 14.8 Å². The molecule has 3 aliphatic rings. The average molecular weight is 798 g/mol. The van der Waals surface area contributed by atoms with E-state index in [4.69, 9.17) is 52.1 Å². The van der Waals surface area contributed by atoms with E-state index in [1.807, 2.05) is 6.07 Å². The summed E-state index contributed by atoms with van der Waals surface area (Å²) < 4.78 is 62.4. The molecule has 19 nitrogen and oxygen atoms in total. The molecule has 11 atom stereocenters. The fourth-order valence-corrected chi connectivity index (χ4v) is 7.53. The zero-order valence-electron chi connectivity index (χ0n) is 32.6. The van der Waals surface area contributed by atoms with Gasteiger partial charge in [-0.15, -0.1) is 0 Å². The lowest BCUT2D eigenvalue weighted by molar-refractivity contribution is -0.360. The van der Waals surface area contributed by atoms with E-state index in [1.54, 1.807) is 12.1 Å². The highest BCUT2D eigenvalue weighted by Gasteiger charge is 2.66. The molecule has 56 heavy (non-hydrogen) atoms. The maximum absolute atomic E-state index is 12.7. The van der Waals surface area contributed by atoms with E-state index in [0.717, 1.165) is 33.3 Å². The molecule has 1 aliphatic carbocycles. The van der Waals surface area contributed by atoms with Crippen LogP contribution in [0.1, 0.15) is 53.5 Å². The van der Waals surface area contributed by atoms with E-state index in [2.05, 4.69) is 5.32 Å². The third kappa shape index (κ3) is 10.8. The van der Waals surface area contributed by atoms with E-state index in [9.17, 15) is 33.9 Å². The minimum absolute atomic E-state index is 0.0247. The SMILES string of the molecule is COc1ccc(CCNC2C(OC(C)=O)C3CCOC(OC4OC(COC(C)=O)C(OC(C)=O)C(OC(C)=O)C4OC(C)=O)C3C2(O)COC(C)=O)cc1OC. The van der Waals surface area contributed by atoms with Gasteiger partial charge in [0.25, 0.3) is 0 Å². The molecule has 2 saturated heterocycles. The summed E-state index contributed by atoms with van der Waals surface area (Å²) in [6.07, 6.45) is -9.32. The number of aliphatic hydroxyl groups is 1. The van der Waals surface area contributed by atoms with Gasteiger partial charge in [0.1, 0.15) is 31.0 Å². The first-order chi connectivity index (χ1) is 26.5. The molecule has 0 amide bonds. The number of ether oxygens (including phenoxy) is 11. The van der Waals surface area contributed by atoms with E-state index in [0.29, 0.717) is 17.9 Å². The Hall–Kier alpha value is -4.56. The number of esters is 6. The standard InChI is InChI=1S/C37H51NO18/c1-18(39)49-16-28-31(52-21(4)42)32(53-22(5)43)33(54-23(6)44)36(55-28)56-35-29-25(12-14-48-35)30(51-20(3)41)34(37(29,45)17-50-19(2)40)38-13-11-24-9-10-26(46-7)27(15-24)47-8/h9-10,15,25,28-36,38,45H,11-14,16-17H2,1-8H3. The number of fused-ring (bicyclic) bond motifs is 1. The fraction of sp³-hybridized carbons (Fsp3) is 0.676. The van der Waals surface area contributed by atoms with E-state index < -0.39 is 116 Å². The van der Waals surface area contributed by atoms with Crippen LogP contribution in [0.5, 0.6) is 11.5 Å². The van der Waals surface area contributed by atoms with Crippen molar-refractivity contribution in [3.63, 3.8) is 0 Å². The van der Waals surface area contributed by atoms with Crippen LogP contribution in [0.25, 0.3) is 0 Å². The van der Waals surface area contributed by atoms with Crippen LogP contribution in [0.15, 0.2) is 18.2 Å². The quantitative estimate of drug-likeness (QED) is 0.171. The van der Waals surface area contributed by atoms with Crippen molar-refractivity contribution in [3.05, 3.63) is 23.8 Å². The first-order valence-corrected chi connectivity index (χ1v) is 18.0. The average Bonchev–Trinajstić information content (AvgIpc) is 3.35. The van der Waals surface area contributed by atoms with Crippen LogP contribution in [0.4, 0.5) is 0 Å². The van der Waals surface area contributed by atoms with Crippen molar-refractivity contribution >= 4 is 35.8 Å². The minimum Gasteiger partial charge on any atom is -0.493 e. The highest BCUT2D eigenvalue weighted by molar-refractivity contribution is 5.69. The van der Waals surface area contributed by atoms with Crippen molar-refractivity contribution in [2.75, 3.05) is 40.6 Å². The summed E-state index contributed by atoms with van der Waals surface area (Å²) in [7, 11) is 3.04. The first kappa shape index (κ1) is 44.2. The summed E-state index contributed by atoms with van der Waals surface area (Å²) in [5.41, 5.74) is -1.18. The molecular weight excluding hydrogens is 746 g/mol. The Morgan fingerprint density at radius 2 is 1.34 bits per heavy atom. The second-order valence-corrected chi connectivity index (χ2v) is 13.6. The predicted molar refractivity (Wildman–Crippen MR) is 187 cm³/mol. The number of nitrogens with one attached hydrogen (secondary N) is 1. The highest BCUT2D eigenvalue weighted by Crippen LogP contribution is 2.50. The van der Waals surface area contributed by atoms with Gasteiger partial charge < -0.3 is 62.5 Å². The van der Waals surface area contributed by atoms with Crippen molar-refractivity contribution in [1.29, 1.82) is 0 Å². The molecule has 1 aromatic carbocycles. The number of methoxy groups -OCH3 is 2. The topological polar surface area (TPSA) is 236 Å². The molecule has 3 fully saturated rings. The molecular formula is C37H51NO18. The molecule has 0 spiro atoms. The molecule has 312 valence electrons. The van der Waals surface area contributed by atoms with Crippen LogP contribution >= 0.6 is 0 Å². The number of rotatable bonds is 16. The second-order valence-electron chi connectivity index (χ2n) is 13.6. The summed E-state index contributed by atoms with van der Waals surface area (Å²) in [4.78, 5) is 73.6. The molecule has 1 aromatic rings. The number of carbonyl (C=O) groups is 6. The Labute approximate surface area is 323 Å². The smallest absolute Gasteiger partial charge is 0.303 e. The maximum atomic E-state index is 12.7. The highest BCUT2D eigenvalue weighted by atomic mass is 16.8. The Bertz CT molecular complexity index is 1590. The molecule has 0 aromatic heterocycles. The van der Waals surface area contributed by atoms with Crippen molar-refractivity contribution < 1.29 is 86.0 Å². The van der Waals surface area contributed by atoms with Crippen molar-refractivity contribution in [2.45, 2.75) is 109 Å². The van der Waals surface area contributed by atoms with Gasteiger partial charge in [0.05, 0.1) is 32.8 Å². The molecule has 2 heterocycles. The first-order valence-electron chi connectivity index (χ1n) is 18.0. The lowest BCUT2D eigenvalue weighted by Crippen LogP contribution is -2.65. The Kier molecular flexibility index (Phi) is 15.4. The lowest BCUT2D eigenvalue weighted by atomic mass is 9.81. The van der Waals surface area contributed by atoms with Crippen molar-refractivity contribution in [2.24, 2.45) is 11.8 Å². The molecule has 0 bridgehead atoms. The van der Waals surface area contributed by atoms with Gasteiger partial charge in [0, 0.05) is 47.5 Å². The van der Waals surface area contributed by atoms with Gasteiger partial charge in [-0.05, 0) is 37.1 Å². The number of hydrogen-bond acceptors (Lipinski definition) is 19. The fourth-order valence-electron chi connectivity index (χ4n) is 7.53. The van der Waals surface area contributed by atoms with Crippen LogP contribution in [0.2, 0.25) is 0 Å². The summed E-state index contributed by atoms with van der Waals surface area (Å²) in [5, 5.41) is 16.0. The lowest BCUT2D eigenvalue weighted by Gasteiger charge is -2.47. The summed E-state index contributed by atoms with van der Waals surface area (Å²) >= 11 is 0. The third-order valence-corrected chi connectivity index (χ3v) is 9.61. The van der Waals surface area contributed by atoms with Crippen LogP contribution in [-0.2, 0) is 77.8 Å². The third-order valence-electron chi connectivity index (χ3n) is 9.61. The number of hydrogen-bond donors (Lipinski definition) is 2. The Morgan fingerprint density at radius 1 is 0.750 bits per heavy atom. The van der Waals surface area contributed by atoms with Crippen LogP contribution in [0.3, 0.4) is 0 Å². The van der Waals surface area contributed by atoms with Gasteiger partial charge in [0.15, 0.2) is 36.1 Å². The van der Waals surface area contributed by atoms with Crippen LogP contribution in [0, 0.1) is 11.8 Å². The Balaban J connectivity index is 1.73. The molecule has 19 heteroatoms. The van der Waals surface area contributed by atoms with Crippen molar-refractivity contribution in [1.82, 2.24) is 5.32 Å². The Morgan fingerprint density at radius 3 is 1.93 bits per heavy atom. The second kappa shape index (κ2) is 19.5. The minimum atomic E-state index is -2.03. The zero-order valence-corrected chi connectivity index (χ0v) is 32.6. The van der Waals surface area contributed by atoms with E-state index in [1.165, 1.54) is 28.1 Å². The van der Waals surface area contributed by atoms with Gasteiger partial charge in [-0.3, -0.25) is 28.8 Å². The molecule has 4 rings (SSSR count). The monoisotopic (exact) mass is 797 g/mol. The van der Waals surface area contributed by atoms with Gasteiger partial charge in [-0.2, -0.15) is 0 Å². The zero-order chi connectivity index (χ0) is 41.3. The van der Waals surface area contributed by atoms with Crippen molar-refractivity contribution in [3.8, 4) is 11.5 Å². The summed E-state index contributed by atoms with van der Waals surface area (Å²) in [5.74, 6) is -5.28. The van der Waals surface area contributed by atoms with Gasteiger partial charge >= 0.3 is 35.8 Å². The summed E-state index contributed by atoms with van der Waals surface area (Å²) in [6, 6.07) is 4.35. The molecule has 0 radical (unpaired) electrons. The normalized spacial score (nSPS) is 30.9. The summed E-state index contributed by atoms with van der Waals surface area (Å²) in [6.45, 7) is 5.96. The van der Waals surface area contributed by atoms with Gasteiger partial charge in [-0.25, -0.2) is 0 Å². The molecule has 1 saturated carbocycles. The molecule has 2 N–H and O–H groups in total. The predicted octanol–water partition coefficient (Wildman–Crippen LogP) is 0.523. The number of carbonyl (C=O) groups excluding carboxylic acids is 6. The number of benzene rings is 1. The van der Waals surface area contributed by atoms with E-state index in [-0.39, 0.29) is 19.6 Å². The molecule has 2 aliphatic heterocycles.